The number of benzene rings is 2. The van der Waals surface area contributed by atoms with E-state index in [-0.39, 0.29) is 11.9 Å². The van der Waals surface area contributed by atoms with Crippen LogP contribution in [0.15, 0.2) is 48.5 Å². The number of carbonyl (C=O) groups is 1. The minimum Gasteiger partial charge on any atom is -0.289 e. The molecule has 1 aromatic heterocycles. The largest absolute Gasteiger partial charge is 0.289 e. The molecule has 0 spiro atoms. The molecule has 0 aliphatic heterocycles. The normalized spacial score (nSPS) is 10.1. The molecule has 0 aliphatic rings. The minimum absolute atomic E-state index is 0.188. The van der Waals surface area contributed by atoms with Crippen molar-refractivity contribution in [1.29, 1.82) is 5.26 Å². The maximum absolute atomic E-state index is 12.2. The molecule has 1 heterocycles. The molecule has 2 N–H and O–H groups in total. The van der Waals surface area contributed by atoms with Crippen LogP contribution in [0.4, 0.5) is 5.95 Å². The summed E-state index contributed by atoms with van der Waals surface area (Å²) >= 11 is 0. The molecule has 0 atom stereocenters. The monoisotopic (exact) mass is 303 g/mol. The van der Waals surface area contributed by atoms with Gasteiger partial charge in [0, 0.05) is 11.1 Å². The van der Waals surface area contributed by atoms with Gasteiger partial charge in [0.1, 0.15) is 0 Å². The molecule has 1 amide bonds. The zero-order valence-corrected chi connectivity index (χ0v) is 12.4. The van der Waals surface area contributed by atoms with Gasteiger partial charge in [-0.1, -0.05) is 35.9 Å². The van der Waals surface area contributed by atoms with Crippen molar-refractivity contribution in [3.8, 4) is 17.5 Å². The molecule has 0 unspecified atom stereocenters. The Morgan fingerprint density at radius 2 is 2.00 bits per heavy atom. The third kappa shape index (κ3) is 3.24. The van der Waals surface area contributed by atoms with Gasteiger partial charge in [-0.3, -0.25) is 15.2 Å². The summed E-state index contributed by atoms with van der Waals surface area (Å²) in [6.07, 6.45) is 0. The van der Waals surface area contributed by atoms with E-state index in [4.69, 9.17) is 5.26 Å². The number of hydrogen-bond acceptors (Lipinski definition) is 4. The van der Waals surface area contributed by atoms with Crippen LogP contribution in [0.2, 0.25) is 0 Å². The Kier molecular flexibility index (Phi) is 3.85. The van der Waals surface area contributed by atoms with E-state index in [2.05, 4.69) is 20.5 Å². The molecule has 0 saturated heterocycles. The molecule has 0 saturated carbocycles. The zero-order valence-electron chi connectivity index (χ0n) is 12.4. The molecule has 112 valence electrons. The number of rotatable bonds is 3. The highest BCUT2D eigenvalue weighted by Gasteiger charge is 2.11. The number of H-pyrrole nitrogens is 1. The summed E-state index contributed by atoms with van der Waals surface area (Å²) < 4.78 is 0. The van der Waals surface area contributed by atoms with Crippen LogP contribution in [-0.2, 0) is 0 Å². The average molecular weight is 303 g/mol. The minimum atomic E-state index is -0.364. The Morgan fingerprint density at radius 3 is 2.74 bits per heavy atom. The summed E-state index contributed by atoms with van der Waals surface area (Å²) in [5, 5.41) is 18.3. The van der Waals surface area contributed by atoms with Crippen molar-refractivity contribution in [3.63, 3.8) is 0 Å². The highest BCUT2D eigenvalue weighted by atomic mass is 16.1. The molecule has 23 heavy (non-hydrogen) atoms. The van der Waals surface area contributed by atoms with Crippen molar-refractivity contribution in [2.45, 2.75) is 6.92 Å². The smallest absolute Gasteiger partial charge is 0.258 e. The quantitative estimate of drug-likeness (QED) is 0.777. The first-order valence-electron chi connectivity index (χ1n) is 6.96. The predicted molar refractivity (Wildman–Crippen MR) is 85.7 cm³/mol. The van der Waals surface area contributed by atoms with Crippen molar-refractivity contribution in [2.75, 3.05) is 5.32 Å². The second-order valence-corrected chi connectivity index (χ2v) is 5.02. The summed E-state index contributed by atoms with van der Waals surface area (Å²) in [6.45, 7) is 2.01. The molecule has 0 fully saturated rings. The number of anilines is 1. The molecule has 0 radical (unpaired) electrons. The second-order valence-electron chi connectivity index (χ2n) is 5.02. The van der Waals surface area contributed by atoms with E-state index >= 15 is 0 Å². The van der Waals surface area contributed by atoms with Crippen molar-refractivity contribution in [2.24, 2.45) is 0 Å². The third-order valence-electron chi connectivity index (χ3n) is 3.29. The molecule has 6 heteroatoms. The topological polar surface area (TPSA) is 94.5 Å². The molecule has 3 aromatic rings. The van der Waals surface area contributed by atoms with E-state index in [1.54, 1.807) is 18.2 Å². The molecule has 0 aliphatic carbocycles. The number of nitrogens with one attached hydrogen (secondary N) is 2. The fraction of sp³-hybridized carbons (Fsp3) is 0.0588. The molecule has 6 nitrogen and oxygen atoms in total. The van der Waals surface area contributed by atoms with Crippen LogP contribution in [0.25, 0.3) is 11.4 Å². The first-order chi connectivity index (χ1) is 11.2. The average Bonchev–Trinajstić information content (AvgIpc) is 3.04. The Bertz CT molecular complexity index is 890. The van der Waals surface area contributed by atoms with Crippen LogP contribution in [-0.4, -0.2) is 21.1 Å². The van der Waals surface area contributed by atoms with Crippen molar-refractivity contribution in [3.05, 3.63) is 65.2 Å². The molecule has 2 aromatic carbocycles. The summed E-state index contributed by atoms with van der Waals surface area (Å²) in [5.74, 6) is 0.399. The lowest BCUT2D eigenvalue weighted by Gasteiger charge is -2.01. The lowest BCUT2D eigenvalue weighted by molar-refractivity contribution is 0.102. The van der Waals surface area contributed by atoms with Gasteiger partial charge in [0.2, 0.25) is 5.95 Å². The lowest BCUT2D eigenvalue weighted by atomic mass is 10.1. The summed E-state index contributed by atoms with van der Waals surface area (Å²) in [6, 6.07) is 16.2. The van der Waals surface area contributed by atoms with Crippen LogP contribution < -0.4 is 5.32 Å². The van der Waals surface area contributed by atoms with E-state index in [1.807, 2.05) is 37.3 Å². The number of hydrogen-bond donors (Lipinski definition) is 2. The van der Waals surface area contributed by atoms with Crippen molar-refractivity contribution >= 4 is 11.9 Å². The van der Waals surface area contributed by atoms with Gasteiger partial charge in [-0.25, -0.2) is 0 Å². The van der Waals surface area contributed by atoms with E-state index in [0.29, 0.717) is 17.0 Å². The summed E-state index contributed by atoms with van der Waals surface area (Å²) in [4.78, 5) is 16.4. The van der Waals surface area contributed by atoms with Gasteiger partial charge in [-0.05, 0) is 25.1 Å². The number of aromatic amines is 1. The Balaban J connectivity index is 1.77. The molecular formula is C17H13N5O. The van der Waals surface area contributed by atoms with E-state index in [1.165, 1.54) is 6.07 Å². The Hall–Kier alpha value is -3.46. The van der Waals surface area contributed by atoms with Gasteiger partial charge >= 0.3 is 0 Å². The first kappa shape index (κ1) is 14.5. The number of aryl methyl sites for hydroxylation is 1. The number of amides is 1. The van der Waals surface area contributed by atoms with E-state index < -0.39 is 0 Å². The summed E-state index contributed by atoms with van der Waals surface area (Å²) in [7, 11) is 0. The number of nitriles is 1. The Labute approximate surface area is 132 Å². The van der Waals surface area contributed by atoms with Crippen molar-refractivity contribution in [1.82, 2.24) is 15.2 Å². The SMILES string of the molecule is Cc1ccc(-c2nc(NC(=O)c3cccc(C#N)c3)n[nH]2)cc1. The van der Waals surface area contributed by atoms with Crippen LogP contribution in [0.3, 0.4) is 0 Å². The first-order valence-corrected chi connectivity index (χ1v) is 6.96. The van der Waals surface area contributed by atoms with E-state index in [0.717, 1.165) is 11.1 Å². The van der Waals surface area contributed by atoms with E-state index in [9.17, 15) is 4.79 Å². The standard InChI is InChI=1S/C17H13N5O/c1-11-5-7-13(8-6-11)15-19-17(22-21-15)20-16(23)14-4-2-3-12(9-14)10-18/h2-9H,1H3,(H2,19,20,21,22,23). The second kappa shape index (κ2) is 6.12. The van der Waals surface area contributed by atoms with Gasteiger partial charge < -0.3 is 0 Å². The predicted octanol–water partition coefficient (Wildman–Crippen LogP) is 2.90. The fourth-order valence-electron chi connectivity index (χ4n) is 2.06. The van der Waals surface area contributed by atoms with Crippen LogP contribution in [0.1, 0.15) is 21.5 Å². The molecule has 3 rings (SSSR count). The molecular weight excluding hydrogens is 290 g/mol. The summed E-state index contributed by atoms with van der Waals surface area (Å²) in [5.41, 5.74) is 2.84. The van der Waals surface area contributed by atoms with Gasteiger partial charge in [-0.2, -0.15) is 10.2 Å². The van der Waals surface area contributed by atoms with Crippen molar-refractivity contribution < 1.29 is 4.79 Å². The van der Waals surface area contributed by atoms with Crippen LogP contribution in [0.5, 0.6) is 0 Å². The van der Waals surface area contributed by atoms with Crippen LogP contribution >= 0.6 is 0 Å². The highest BCUT2D eigenvalue weighted by molar-refractivity contribution is 6.03. The zero-order chi connectivity index (χ0) is 16.2. The van der Waals surface area contributed by atoms with Gasteiger partial charge in [-0.15, -0.1) is 5.10 Å². The highest BCUT2D eigenvalue weighted by Crippen LogP contribution is 2.16. The number of nitrogens with zero attached hydrogens (tertiary/aromatic N) is 3. The third-order valence-corrected chi connectivity index (χ3v) is 3.29. The van der Waals surface area contributed by atoms with Crippen LogP contribution in [0, 0.1) is 18.3 Å². The van der Waals surface area contributed by atoms with Gasteiger partial charge in [0.25, 0.3) is 5.91 Å². The maximum atomic E-state index is 12.2. The molecule has 0 bridgehead atoms. The number of aromatic nitrogens is 3. The fourth-order valence-corrected chi connectivity index (χ4v) is 2.06. The number of carbonyl (C=O) groups excluding carboxylic acids is 1. The Morgan fingerprint density at radius 1 is 1.22 bits per heavy atom. The maximum Gasteiger partial charge on any atom is 0.258 e. The lowest BCUT2D eigenvalue weighted by Crippen LogP contribution is -2.13. The van der Waals surface area contributed by atoms with Gasteiger partial charge in [0.05, 0.1) is 11.6 Å². The van der Waals surface area contributed by atoms with Gasteiger partial charge in [0.15, 0.2) is 5.82 Å².